The van der Waals surface area contributed by atoms with Gasteiger partial charge in [-0.1, -0.05) is 77.8 Å². The van der Waals surface area contributed by atoms with Gasteiger partial charge in [0.2, 0.25) is 0 Å². The minimum Gasteiger partial charge on any atom is -0.507 e. The van der Waals surface area contributed by atoms with Gasteiger partial charge in [0.1, 0.15) is 29.5 Å². The lowest BCUT2D eigenvalue weighted by atomic mass is 9.78. The Hall–Kier alpha value is -5.12. The van der Waals surface area contributed by atoms with Gasteiger partial charge in [-0.05, 0) is 39.2 Å². The minimum absolute atomic E-state index is 0.0413. The first-order valence-corrected chi connectivity index (χ1v) is 21.0. The van der Waals surface area contributed by atoms with Gasteiger partial charge >= 0.3 is 11.8 Å². The molecule has 0 fully saturated rings. The van der Waals surface area contributed by atoms with E-state index in [-0.39, 0.29) is 50.6 Å². The lowest BCUT2D eigenvalue weighted by Crippen LogP contribution is -2.46. The van der Waals surface area contributed by atoms with Crippen LogP contribution in [0.15, 0.2) is 41.3 Å². The molecule has 0 radical (unpaired) electrons. The standard InChI is InChI=1S/C46H64N2O13/c1-12-14-19-30(16-13-2)61-47-22-31-36-41(54)34-33(40(31)53)35-43(28(8)39(34)52)60-46(10,44(35)55)58-21-20-32(57-11)25(5)42(59-29(9)49)27(7)38(51)26(6)37(50)23(3)17-15-18-24(4)45(56)48-36/h15,17-18,20-23,25-27,30,32,37-38,42,50-54H,12-14,16,19H2,1-11H3,(H,48,56)/b17-15+,21-20+,24-18-,47-22+/t23-,25+,26+,27+,30?,32-,37-,38+,42+,46-/m0/s1. The molecule has 3 heterocycles. The first-order valence-electron chi connectivity index (χ1n) is 21.0. The molecular formula is C46H64N2O13. The second-order valence-corrected chi connectivity index (χ2v) is 16.5. The van der Waals surface area contributed by atoms with Gasteiger partial charge in [0, 0.05) is 61.2 Å². The van der Waals surface area contributed by atoms with Crippen molar-refractivity contribution in [2.75, 3.05) is 12.4 Å². The molecule has 336 valence electrons. The molecule has 0 saturated heterocycles. The Labute approximate surface area is 358 Å². The highest BCUT2D eigenvalue weighted by molar-refractivity contribution is 6.23. The number of carbonyl (C=O) groups is 3. The molecule has 0 aliphatic carbocycles. The third-order valence-electron chi connectivity index (χ3n) is 11.9. The Balaban J connectivity index is 1.97. The molecule has 10 atom stereocenters. The van der Waals surface area contributed by atoms with Crippen LogP contribution < -0.4 is 10.1 Å². The average Bonchev–Trinajstić information content (AvgIpc) is 3.49. The number of phenols is 3. The lowest BCUT2D eigenvalue weighted by Gasteiger charge is -2.38. The molecule has 0 aromatic heterocycles. The second kappa shape index (κ2) is 20.6. The highest BCUT2D eigenvalue weighted by Crippen LogP contribution is 2.55. The molecule has 3 aliphatic heterocycles. The number of unbranched alkanes of at least 4 members (excludes halogenated alkanes) is 1. The van der Waals surface area contributed by atoms with Gasteiger partial charge in [0.25, 0.3) is 11.7 Å². The maximum absolute atomic E-state index is 14.5. The van der Waals surface area contributed by atoms with Crippen molar-refractivity contribution in [2.45, 2.75) is 138 Å². The zero-order valence-electron chi connectivity index (χ0n) is 37.1. The number of anilines is 1. The highest BCUT2D eigenvalue weighted by atomic mass is 16.7. The summed E-state index contributed by atoms with van der Waals surface area (Å²) in [5.41, 5.74) is -0.541. The summed E-state index contributed by atoms with van der Waals surface area (Å²) >= 11 is 0. The number of esters is 1. The maximum atomic E-state index is 14.5. The number of phenolic OH excluding ortho intramolecular Hbond substituents is 3. The van der Waals surface area contributed by atoms with Gasteiger partial charge in [-0.2, -0.15) is 0 Å². The number of aliphatic hydroxyl groups excluding tert-OH is 2. The zero-order chi connectivity index (χ0) is 45.5. The van der Waals surface area contributed by atoms with Crippen molar-refractivity contribution < 1.29 is 63.7 Å². The van der Waals surface area contributed by atoms with E-state index in [0.29, 0.717) is 6.42 Å². The molecular weight excluding hydrogens is 789 g/mol. The molecule has 2 aromatic rings. The van der Waals surface area contributed by atoms with Crippen molar-refractivity contribution in [3.8, 4) is 23.0 Å². The molecule has 1 unspecified atom stereocenters. The van der Waals surface area contributed by atoms with Gasteiger partial charge in [0.05, 0.1) is 53.0 Å². The number of nitrogens with zero attached hydrogens (tertiary/aromatic N) is 1. The summed E-state index contributed by atoms with van der Waals surface area (Å²) in [6.07, 6.45) is 8.48. The minimum atomic E-state index is -2.06. The number of aliphatic hydroxyl groups is 2. The quantitative estimate of drug-likeness (QED) is 0.0450. The van der Waals surface area contributed by atoms with Crippen LogP contribution >= 0.6 is 0 Å². The van der Waals surface area contributed by atoms with Gasteiger partial charge in [-0.15, -0.1) is 0 Å². The van der Waals surface area contributed by atoms with Gasteiger partial charge in [-0.3, -0.25) is 14.4 Å². The zero-order valence-corrected chi connectivity index (χ0v) is 37.1. The van der Waals surface area contributed by atoms with Gasteiger partial charge in [0.15, 0.2) is 5.75 Å². The number of methoxy groups -OCH3 is 1. The molecule has 0 saturated carbocycles. The summed E-state index contributed by atoms with van der Waals surface area (Å²) in [4.78, 5) is 46.4. The first-order chi connectivity index (χ1) is 28.8. The summed E-state index contributed by atoms with van der Waals surface area (Å²) in [5.74, 6) is -8.56. The van der Waals surface area contributed by atoms with Crippen molar-refractivity contribution >= 4 is 40.3 Å². The van der Waals surface area contributed by atoms with E-state index in [1.807, 2.05) is 6.92 Å². The van der Waals surface area contributed by atoms with E-state index >= 15 is 0 Å². The SMILES string of the molecule is CCCCC(CCC)O/N=C/c1c2c(O)c3c(O)c(C)c4c(c3c1O)C(=O)[C@@](C)(O/C=C/[C@H](OC)[C@@H](C)[C@@H](OC(C)=O)[C@H](C)[C@H](O)[C@H](C)[C@@H](O)[C@@H](C)/C=C/C=C(/C)C(=O)N2)O4. The van der Waals surface area contributed by atoms with Crippen molar-refractivity contribution in [1.29, 1.82) is 0 Å². The third-order valence-corrected chi connectivity index (χ3v) is 11.9. The van der Waals surface area contributed by atoms with Crippen LogP contribution in [0.25, 0.3) is 10.8 Å². The number of ether oxygens (including phenoxy) is 4. The molecule has 6 N–H and O–H groups in total. The molecule has 61 heavy (non-hydrogen) atoms. The molecule has 15 nitrogen and oxygen atoms in total. The fourth-order valence-corrected chi connectivity index (χ4v) is 8.05. The van der Waals surface area contributed by atoms with Gasteiger partial charge in [-0.25, -0.2) is 0 Å². The number of fused-ring (bicyclic) bond motifs is 14. The van der Waals surface area contributed by atoms with Crippen LogP contribution in [0, 0.1) is 30.6 Å². The van der Waals surface area contributed by atoms with E-state index in [4.69, 9.17) is 23.8 Å². The van der Waals surface area contributed by atoms with E-state index in [1.54, 1.807) is 39.8 Å². The average molecular weight is 853 g/mol. The lowest BCUT2D eigenvalue weighted by molar-refractivity contribution is -0.160. The molecule has 0 spiro atoms. The number of benzene rings is 2. The van der Waals surface area contributed by atoms with Crippen LogP contribution in [0.4, 0.5) is 5.69 Å². The van der Waals surface area contributed by atoms with Crippen LogP contribution in [0.5, 0.6) is 23.0 Å². The van der Waals surface area contributed by atoms with Crippen molar-refractivity contribution in [1.82, 2.24) is 0 Å². The number of hydrogen-bond donors (Lipinski definition) is 6. The van der Waals surface area contributed by atoms with E-state index in [9.17, 15) is 39.9 Å². The number of Topliss-reactive ketones (excluding diaryl/α,β-unsaturated/α-hetero) is 1. The van der Waals surface area contributed by atoms with E-state index in [1.165, 1.54) is 53.2 Å². The number of nitrogens with one attached hydrogen (secondary N) is 1. The van der Waals surface area contributed by atoms with Crippen molar-refractivity contribution in [3.63, 3.8) is 0 Å². The Kier molecular flexibility index (Phi) is 16.4. The number of aromatic hydroxyl groups is 3. The van der Waals surface area contributed by atoms with Crippen molar-refractivity contribution in [2.24, 2.45) is 28.8 Å². The molecule has 5 rings (SSSR count). The number of carbonyl (C=O) groups excluding carboxylic acids is 3. The number of allylic oxidation sites excluding steroid dienone is 2. The summed E-state index contributed by atoms with van der Waals surface area (Å²) in [6, 6.07) is 0. The Morgan fingerprint density at radius 2 is 1.64 bits per heavy atom. The summed E-state index contributed by atoms with van der Waals surface area (Å²) in [5, 5.41) is 64.7. The smallest absolute Gasteiger partial charge is 0.312 e. The Morgan fingerprint density at radius 1 is 0.951 bits per heavy atom. The third kappa shape index (κ3) is 10.3. The van der Waals surface area contributed by atoms with E-state index in [0.717, 1.165) is 31.9 Å². The molecule has 5 bridgehead atoms. The summed E-state index contributed by atoms with van der Waals surface area (Å²) in [7, 11) is 1.43. The monoisotopic (exact) mass is 852 g/mol. The van der Waals surface area contributed by atoms with E-state index in [2.05, 4.69) is 17.4 Å². The van der Waals surface area contributed by atoms with Crippen LogP contribution in [-0.2, 0) is 28.6 Å². The van der Waals surface area contributed by atoms with Crippen LogP contribution in [0.2, 0.25) is 0 Å². The van der Waals surface area contributed by atoms with E-state index < -0.39 is 88.8 Å². The molecule has 3 aliphatic rings. The maximum Gasteiger partial charge on any atom is 0.312 e. The first kappa shape index (κ1) is 48.5. The number of hydrogen-bond acceptors (Lipinski definition) is 14. The Bertz CT molecular complexity index is 2060. The molecule has 1 amide bonds. The van der Waals surface area contributed by atoms with Gasteiger partial charge < -0.3 is 54.6 Å². The summed E-state index contributed by atoms with van der Waals surface area (Å²) < 4.78 is 23.6. The molecule has 15 heteroatoms. The predicted octanol–water partition coefficient (Wildman–Crippen LogP) is 7.46. The fraction of sp³-hybridized carbons (Fsp3) is 0.565. The number of ketones is 1. The topological polar surface area (TPSA) is 223 Å². The van der Waals surface area contributed by atoms with Crippen molar-refractivity contribution in [3.05, 3.63) is 52.8 Å². The van der Waals surface area contributed by atoms with Crippen LogP contribution in [-0.4, -0.2) is 92.8 Å². The van der Waals surface area contributed by atoms with Crippen LogP contribution in [0.3, 0.4) is 0 Å². The highest BCUT2D eigenvalue weighted by Gasteiger charge is 2.50. The number of oxime groups is 1. The second-order valence-electron chi connectivity index (χ2n) is 16.5. The summed E-state index contributed by atoms with van der Waals surface area (Å²) in [6.45, 7) is 16.6. The normalized spacial score (nSPS) is 30.0. The van der Waals surface area contributed by atoms with Crippen LogP contribution in [0.1, 0.15) is 116 Å². The predicted molar refractivity (Wildman–Crippen MR) is 231 cm³/mol. The number of amides is 1. The fourth-order valence-electron chi connectivity index (χ4n) is 8.05. The number of rotatable bonds is 10. The molecule has 2 aromatic carbocycles. The largest absolute Gasteiger partial charge is 0.507 e. The Morgan fingerprint density at radius 3 is 2.26 bits per heavy atom.